The van der Waals surface area contributed by atoms with Gasteiger partial charge in [-0.05, 0) is 49.3 Å². The van der Waals surface area contributed by atoms with E-state index in [-0.39, 0.29) is 11.8 Å². The maximum absolute atomic E-state index is 12.3. The molecule has 0 radical (unpaired) electrons. The molecule has 23 heavy (non-hydrogen) atoms. The van der Waals surface area contributed by atoms with Crippen LogP contribution in [-0.4, -0.2) is 24.0 Å². The van der Waals surface area contributed by atoms with Gasteiger partial charge in [0.05, 0.1) is 0 Å². The number of nitrogens with two attached hydrogens (primary N) is 1. The normalized spacial score (nSPS) is 21.0. The van der Waals surface area contributed by atoms with Crippen LogP contribution in [0.1, 0.15) is 37.3 Å². The molecule has 4 heteroatoms. The van der Waals surface area contributed by atoms with Gasteiger partial charge in [0.1, 0.15) is 0 Å². The van der Waals surface area contributed by atoms with Crippen LogP contribution in [0, 0.1) is 11.8 Å². The highest BCUT2D eigenvalue weighted by Crippen LogP contribution is 2.31. The van der Waals surface area contributed by atoms with Crippen molar-refractivity contribution in [3.8, 4) is 0 Å². The molecule has 2 aromatic rings. The SMILES string of the molecule is CCc1cccc2c(CCNC(=O)[C@@H]3CCC[C@@H]3CN)c[nH]c12. The van der Waals surface area contributed by atoms with Gasteiger partial charge in [0.2, 0.25) is 5.91 Å². The molecule has 1 fully saturated rings. The summed E-state index contributed by atoms with van der Waals surface area (Å²) >= 11 is 0. The van der Waals surface area contributed by atoms with Crippen LogP contribution >= 0.6 is 0 Å². The van der Waals surface area contributed by atoms with Gasteiger partial charge >= 0.3 is 0 Å². The second kappa shape index (κ2) is 7.18. The number of hydrogen-bond donors (Lipinski definition) is 3. The summed E-state index contributed by atoms with van der Waals surface area (Å²) in [6.45, 7) is 3.49. The predicted molar refractivity (Wildman–Crippen MR) is 94.3 cm³/mol. The minimum atomic E-state index is 0.120. The zero-order valence-electron chi connectivity index (χ0n) is 13.9. The van der Waals surface area contributed by atoms with E-state index in [1.54, 1.807) is 0 Å². The maximum Gasteiger partial charge on any atom is 0.223 e. The van der Waals surface area contributed by atoms with E-state index >= 15 is 0 Å². The number of hydrogen-bond acceptors (Lipinski definition) is 2. The summed E-state index contributed by atoms with van der Waals surface area (Å²) in [7, 11) is 0. The maximum atomic E-state index is 12.3. The summed E-state index contributed by atoms with van der Waals surface area (Å²) in [5.74, 6) is 0.678. The number of aromatic amines is 1. The lowest BCUT2D eigenvalue weighted by molar-refractivity contribution is -0.125. The number of aryl methyl sites for hydroxylation is 1. The van der Waals surface area contributed by atoms with Crippen LogP contribution in [0.4, 0.5) is 0 Å². The third kappa shape index (κ3) is 3.27. The van der Waals surface area contributed by atoms with E-state index in [0.717, 1.165) is 32.1 Å². The van der Waals surface area contributed by atoms with Crippen molar-refractivity contribution in [1.82, 2.24) is 10.3 Å². The highest BCUT2D eigenvalue weighted by atomic mass is 16.1. The highest BCUT2D eigenvalue weighted by Gasteiger charge is 2.31. The van der Waals surface area contributed by atoms with Gasteiger partial charge in [0, 0.05) is 29.6 Å². The minimum absolute atomic E-state index is 0.120. The first-order valence-corrected chi connectivity index (χ1v) is 8.80. The van der Waals surface area contributed by atoms with E-state index in [9.17, 15) is 4.79 Å². The molecule has 1 heterocycles. The molecule has 1 aliphatic carbocycles. The van der Waals surface area contributed by atoms with Crippen LogP contribution in [0.25, 0.3) is 10.9 Å². The molecule has 1 aromatic heterocycles. The number of carbonyl (C=O) groups excluding carboxylic acids is 1. The molecule has 1 amide bonds. The molecular formula is C19H27N3O. The Balaban J connectivity index is 1.60. The molecule has 1 saturated carbocycles. The third-order valence-corrected chi connectivity index (χ3v) is 5.26. The zero-order chi connectivity index (χ0) is 16.2. The number of fused-ring (bicyclic) bond motifs is 1. The van der Waals surface area contributed by atoms with Gasteiger partial charge in [-0.1, -0.05) is 31.5 Å². The molecule has 4 nitrogen and oxygen atoms in total. The topological polar surface area (TPSA) is 70.9 Å². The Hall–Kier alpha value is -1.81. The van der Waals surface area contributed by atoms with Crippen LogP contribution in [0.5, 0.6) is 0 Å². The van der Waals surface area contributed by atoms with Crippen molar-refractivity contribution >= 4 is 16.8 Å². The largest absolute Gasteiger partial charge is 0.361 e. The highest BCUT2D eigenvalue weighted by molar-refractivity contribution is 5.86. The molecule has 0 bridgehead atoms. The number of carbonyl (C=O) groups is 1. The van der Waals surface area contributed by atoms with Gasteiger partial charge in [-0.25, -0.2) is 0 Å². The fourth-order valence-electron chi connectivity index (χ4n) is 3.89. The molecule has 1 aliphatic rings. The Labute approximate surface area is 137 Å². The zero-order valence-corrected chi connectivity index (χ0v) is 13.9. The van der Waals surface area contributed by atoms with Crippen molar-refractivity contribution in [2.24, 2.45) is 17.6 Å². The van der Waals surface area contributed by atoms with Crippen LogP contribution < -0.4 is 11.1 Å². The Morgan fingerprint density at radius 3 is 3.00 bits per heavy atom. The second-order valence-corrected chi connectivity index (χ2v) is 6.58. The van der Waals surface area contributed by atoms with E-state index in [1.165, 1.54) is 22.0 Å². The Morgan fingerprint density at radius 2 is 2.22 bits per heavy atom. The van der Waals surface area contributed by atoms with Crippen LogP contribution in [-0.2, 0) is 17.6 Å². The lowest BCUT2D eigenvalue weighted by Gasteiger charge is -2.17. The van der Waals surface area contributed by atoms with Gasteiger partial charge < -0.3 is 16.0 Å². The quantitative estimate of drug-likeness (QED) is 0.767. The number of para-hydroxylation sites is 1. The van der Waals surface area contributed by atoms with Gasteiger partial charge in [-0.15, -0.1) is 0 Å². The fraction of sp³-hybridized carbons (Fsp3) is 0.526. The smallest absolute Gasteiger partial charge is 0.223 e. The van der Waals surface area contributed by atoms with E-state index < -0.39 is 0 Å². The average Bonchev–Trinajstić information content (AvgIpc) is 3.21. The average molecular weight is 313 g/mol. The van der Waals surface area contributed by atoms with Crippen molar-refractivity contribution in [1.29, 1.82) is 0 Å². The Bertz CT molecular complexity index is 676. The van der Waals surface area contributed by atoms with E-state index in [4.69, 9.17) is 5.73 Å². The number of aromatic nitrogens is 1. The van der Waals surface area contributed by atoms with Crippen molar-refractivity contribution in [2.75, 3.05) is 13.1 Å². The summed E-state index contributed by atoms with van der Waals surface area (Å²) in [5.41, 5.74) is 9.62. The summed E-state index contributed by atoms with van der Waals surface area (Å²) in [4.78, 5) is 15.7. The number of nitrogens with one attached hydrogen (secondary N) is 2. The first kappa shape index (κ1) is 16.1. The summed E-state index contributed by atoms with van der Waals surface area (Å²) < 4.78 is 0. The van der Waals surface area contributed by atoms with Gasteiger partial charge in [-0.2, -0.15) is 0 Å². The summed E-state index contributed by atoms with van der Waals surface area (Å²) in [5, 5.41) is 4.39. The second-order valence-electron chi connectivity index (χ2n) is 6.58. The van der Waals surface area contributed by atoms with E-state index in [1.807, 2.05) is 0 Å². The molecular weight excluding hydrogens is 286 g/mol. The van der Waals surface area contributed by atoms with Crippen molar-refractivity contribution in [3.05, 3.63) is 35.5 Å². The fourth-order valence-corrected chi connectivity index (χ4v) is 3.89. The summed E-state index contributed by atoms with van der Waals surface area (Å²) in [6, 6.07) is 6.43. The first-order valence-electron chi connectivity index (χ1n) is 8.80. The molecule has 1 aromatic carbocycles. The van der Waals surface area contributed by atoms with Crippen molar-refractivity contribution < 1.29 is 4.79 Å². The number of amides is 1. The number of rotatable bonds is 6. The molecule has 4 N–H and O–H groups in total. The number of H-pyrrole nitrogens is 1. The van der Waals surface area contributed by atoms with Crippen molar-refractivity contribution in [3.63, 3.8) is 0 Å². The molecule has 0 spiro atoms. The third-order valence-electron chi connectivity index (χ3n) is 5.26. The van der Waals surface area contributed by atoms with Crippen LogP contribution in [0.15, 0.2) is 24.4 Å². The van der Waals surface area contributed by atoms with Crippen molar-refractivity contribution in [2.45, 2.75) is 39.0 Å². The van der Waals surface area contributed by atoms with E-state index in [0.29, 0.717) is 19.0 Å². The summed E-state index contributed by atoms with van der Waals surface area (Å²) in [6.07, 6.45) is 7.17. The monoisotopic (exact) mass is 313 g/mol. The Kier molecular flexibility index (Phi) is 5.01. The molecule has 3 rings (SSSR count). The number of benzene rings is 1. The van der Waals surface area contributed by atoms with Crippen LogP contribution in [0.3, 0.4) is 0 Å². The molecule has 0 saturated heterocycles. The Morgan fingerprint density at radius 1 is 1.35 bits per heavy atom. The first-order chi connectivity index (χ1) is 11.2. The lowest BCUT2D eigenvalue weighted by atomic mass is 9.95. The van der Waals surface area contributed by atoms with Crippen LogP contribution in [0.2, 0.25) is 0 Å². The molecule has 0 aliphatic heterocycles. The minimum Gasteiger partial charge on any atom is -0.361 e. The lowest BCUT2D eigenvalue weighted by Crippen LogP contribution is -2.36. The predicted octanol–water partition coefficient (Wildman–Crippen LogP) is 2.76. The van der Waals surface area contributed by atoms with E-state index in [2.05, 4.69) is 41.6 Å². The van der Waals surface area contributed by atoms with Gasteiger partial charge in [0.25, 0.3) is 0 Å². The molecule has 124 valence electrons. The molecule has 2 atom stereocenters. The standard InChI is InChI=1S/C19H27N3O/c1-2-13-5-3-7-16-15(12-22-18(13)16)9-10-21-19(23)17-8-4-6-14(17)11-20/h3,5,7,12,14,17,22H,2,4,6,8-11,20H2,1H3,(H,21,23)/t14-,17-/m1/s1. The van der Waals surface area contributed by atoms with Gasteiger partial charge in [0.15, 0.2) is 0 Å². The van der Waals surface area contributed by atoms with Gasteiger partial charge in [-0.3, -0.25) is 4.79 Å². The molecule has 0 unspecified atom stereocenters.